The Hall–Kier alpha value is -0.120. The zero-order valence-electron chi connectivity index (χ0n) is 13.6. The van der Waals surface area contributed by atoms with Gasteiger partial charge in [0, 0.05) is 31.7 Å². The van der Waals surface area contributed by atoms with Gasteiger partial charge in [0.1, 0.15) is 0 Å². The van der Waals surface area contributed by atoms with Crippen molar-refractivity contribution in [2.45, 2.75) is 65.0 Å². The van der Waals surface area contributed by atoms with Gasteiger partial charge in [-0.25, -0.2) is 0 Å². The largest absolute Gasteiger partial charge is 0.313 e. The third kappa shape index (κ3) is 7.28. The standard InChI is InChI=1S/C16H35N3/c1-5-6-7-9-15(2)17-10-13-19-12-8-11-18(4)14-16(19)3/h15-17H,5-14H2,1-4H3. The van der Waals surface area contributed by atoms with Crippen molar-refractivity contribution in [1.29, 1.82) is 0 Å². The van der Waals surface area contributed by atoms with Crippen molar-refractivity contribution < 1.29 is 0 Å². The SMILES string of the molecule is CCCCCC(C)NCCN1CCCN(C)CC1C. The fraction of sp³-hybridized carbons (Fsp3) is 1.00. The first-order valence-corrected chi connectivity index (χ1v) is 8.29. The van der Waals surface area contributed by atoms with Crippen LogP contribution in [0.2, 0.25) is 0 Å². The van der Waals surface area contributed by atoms with Gasteiger partial charge in [-0.2, -0.15) is 0 Å². The predicted molar refractivity (Wildman–Crippen MR) is 84.8 cm³/mol. The van der Waals surface area contributed by atoms with Gasteiger partial charge in [0.2, 0.25) is 0 Å². The van der Waals surface area contributed by atoms with E-state index in [-0.39, 0.29) is 0 Å². The highest BCUT2D eigenvalue weighted by Crippen LogP contribution is 2.08. The summed E-state index contributed by atoms with van der Waals surface area (Å²) in [5, 5.41) is 3.69. The van der Waals surface area contributed by atoms with Crippen molar-refractivity contribution in [3.63, 3.8) is 0 Å². The Kier molecular flexibility index (Phi) is 8.67. The second kappa shape index (κ2) is 9.73. The van der Waals surface area contributed by atoms with Crippen LogP contribution in [0.25, 0.3) is 0 Å². The van der Waals surface area contributed by atoms with Crippen molar-refractivity contribution in [1.82, 2.24) is 15.1 Å². The Labute approximate surface area is 120 Å². The molecule has 0 radical (unpaired) electrons. The summed E-state index contributed by atoms with van der Waals surface area (Å²) in [6.07, 6.45) is 6.71. The number of nitrogens with zero attached hydrogens (tertiary/aromatic N) is 2. The highest BCUT2D eigenvalue weighted by molar-refractivity contribution is 4.76. The van der Waals surface area contributed by atoms with Gasteiger partial charge in [0.25, 0.3) is 0 Å². The van der Waals surface area contributed by atoms with Crippen molar-refractivity contribution in [2.24, 2.45) is 0 Å². The summed E-state index contributed by atoms with van der Waals surface area (Å²) >= 11 is 0. The summed E-state index contributed by atoms with van der Waals surface area (Å²) in [5.74, 6) is 0. The van der Waals surface area contributed by atoms with Gasteiger partial charge in [-0.15, -0.1) is 0 Å². The van der Waals surface area contributed by atoms with E-state index in [4.69, 9.17) is 0 Å². The van der Waals surface area contributed by atoms with Crippen LogP contribution in [0.5, 0.6) is 0 Å². The number of hydrogen-bond donors (Lipinski definition) is 1. The van der Waals surface area contributed by atoms with E-state index in [1.54, 1.807) is 0 Å². The molecule has 0 aromatic carbocycles. The monoisotopic (exact) mass is 269 g/mol. The lowest BCUT2D eigenvalue weighted by Crippen LogP contribution is -2.42. The molecule has 3 nitrogen and oxygen atoms in total. The summed E-state index contributed by atoms with van der Waals surface area (Å²) < 4.78 is 0. The predicted octanol–water partition coefficient (Wildman–Crippen LogP) is 2.57. The van der Waals surface area contributed by atoms with E-state index < -0.39 is 0 Å². The summed E-state index contributed by atoms with van der Waals surface area (Å²) in [6, 6.07) is 1.38. The van der Waals surface area contributed by atoms with Crippen molar-refractivity contribution >= 4 is 0 Å². The smallest absolute Gasteiger partial charge is 0.0195 e. The maximum absolute atomic E-state index is 3.69. The lowest BCUT2D eigenvalue weighted by atomic mass is 10.1. The second-order valence-corrected chi connectivity index (χ2v) is 6.35. The van der Waals surface area contributed by atoms with Gasteiger partial charge in [0.15, 0.2) is 0 Å². The molecule has 0 spiro atoms. The molecule has 1 heterocycles. The molecule has 3 heteroatoms. The van der Waals surface area contributed by atoms with Crippen molar-refractivity contribution in [3.8, 4) is 0 Å². The minimum Gasteiger partial charge on any atom is -0.313 e. The highest BCUT2D eigenvalue weighted by Gasteiger charge is 2.18. The minimum atomic E-state index is 0.677. The summed E-state index contributed by atoms with van der Waals surface area (Å²) in [5.41, 5.74) is 0. The highest BCUT2D eigenvalue weighted by atomic mass is 15.2. The van der Waals surface area contributed by atoms with E-state index >= 15 is 0 Å². The van der Waals surface area contributed by atoms with Crippen LogP contribution >= 0.6 is 0 Å². The van der Waals surface area contributed by atoms with Crippen LogP contribution in [-0.2, 0) is 0 Å². The van der Waals surface area contributed by atoms with Gasteiger partial charge in [-0.1, -0.05) is 26.2 Å². The number of hydrogen-bond acceptors (Lipinski definition) is 3. The zero-order valence-corrected chi connectivity index (χ0v) is 13.6. The molecule has 1 rings (SSSR count). The molecule has 0 aliphatic carbocycles. The first-order chi connectivity index (χ1) is 9.13. The van der Waals surface area contributed by atoms with Crippen LogP contribution in [0.15, 0.2) is 0 Å². The molecule has 1 aliphatic heterocycles. The first-order valence-electron chi connectivity index (χ1n) is 8.29. The molecule has 1 aliphatic rings. The number of likely N-dealkylation sites (N-methyl/N-ethyl adjacent to an activating group) is 1. The molecule has 0 aromatic rings. The Morgan fingerprint density at radius 2 is 2.05 bits per heavy atom. The normalized spacial score (nSPS) is 24.3. The Balaban J connectivity index is 2.13. The van der Waals surface area contributed by atoms with E-state index in [0.29, 0.717) is 12.1 Å². The van der Waals surface area contributed by atoms with Crippen LogP contribution in [0.1, 0.15) is 52.9 Å². The van der Waals surface area contributed by atoms with E-state index in [9.17, 15) is 0 Å². The molecule has 0 saturated carbocycles. The molecule has 0 bridgehead atoms. The van der Waals surface area contributed by atoms with Gasteiger partial charge in [-0.3, -0.25) is 4.90 Å². The summed E-state index contributed by atoms with van der Waals surface area (Å²) in [4.78, 5) is 5.11. The fourth-order valence-electron chi connectivity index (χ4n) is 3.01. The number of unbranched alkanes of at least 4 members (excludes halogenated alkanes) is 2. The fourth-order valence-corrected chi connectivity index (χ4v) is 3.01. The number of rotatable bonds is 8. The average molecular weight is 269 g/mol. The molecular formula is C16H35N3. The third-order valence-corrected chi connectivity index (χ3v) is 4.32. The average Bonchev–Trinajstić information content (AvgIpc) is 2.51. The van der Waals surface area contributed by atoms with Crippen LogP contribution in [0.3, 0.4) is 0 Å². The van der Waals surface area contributed by atoms with Crippen molar-refractivity contribution in [2.75, 3.05) is 39.8 Å². The molecule has 1 fully saturated rings. The molecule has 2 unspecified atom stereocenters. The molecule has 0 aromatic heterocycles. The Morgan fingerprint density at radius 1 is 1.26 bits per heavy atom. The van der Waals surface area contributed by atoms with Gasteiger partial charge < -0.3 is 10.2 Å². The van der Waals surface area contributed by atoms with E-state index in [0.717, 1.165) is 6.54 Å². The molecule has 2 atom stereocenters. The van der Waals surface area contributed by atoms with E-state index in [2.05, 4.69) is 42.9 Å². The molecule has 0 amide bonds. The third-order valence-electron chi connectivity index (χ3n) is 4.32. The Bertz CT molecular complexity index is 220. The lowest BCUT2D eigenvalue weighted by molar-refractivity contribution is 0.200. The van der Waals surface area contributed by atoms with E-state index in [1.165, 1.54) is 58.3 Å². The van der Waals surface area contributed by atoms with Crippen LogP contribution in [0.4, 0.5) is 0 Å². The molecular weight excluding hydrogens is 234 g/mol. The van der Waals surface area contributed by atoms with Gasteiger partial charge >= 0.3 is 0 Å². The maximum Gasteiger partial charge on any atom is 0.0195 e. The van der Waals surface area contributed by atoms with Gasteiger partial charge in [0.05, 0.1) is 0 Å². The molecule has 1 N–H and O–H groups in total. The second-order valence-electron chi connectivity index (χ2n) is 6.35. The van der Waals surface area contributed by atoms with Crippen LogP contribution in [0, 0.1) is 0 Å². The molecule has 114 valence electrons. The Morgan fingerprint density at radius 3 is 2.79 bits per heavy atom. The first kappa shape index (κ1) is 16.9. The zero-order chi connectivity index (χ0) is 14.1. The number of nitrogens with one attached hydrogen (secondary N) is 1. The minimum absolute atomic E-state index is 0.677. The van der Waals surface area contributed by atoms with Crippen LogP contribution < -0.4 is 5.32 Å². The summed E-state index contributed by atoms with van der Waals surface area (Å²) in [6.45, 7) is 13.0. The quantitative estimate of drug-likeness (QED) is 0.683. The van der Waals surface area contributed by atoms with Crippen LogP contribution in [-0.4, -0.2) is 61.7 Å². The molecule has 19 heavy (non-hydrogen) atoms. The van der Waals surface area contributed by atoms with E-state index in [1.807, 2.05) is 0 Å². The topological polar surface area (TPSA) is 18.5 Å². The summed E-state index contributed by atoms with van der Waals surface area (Å²) in [7, 11) is 2.24. The molecule has 1 saturated heterocycles. The lowest BCUT2D eigenvalue weighted by Gasteiger charge is -2.28. The van der Waals surface area contributed by atoms with Crippen molar-refractivity contribution in [3.05, 3.63) is 0 Å². The van der Waals surface area contributed by atoms with Gasteiger partial charge in [-0.05, 0) is 46.8 Å². The maximum atomic E-state index is 3.69.